The molecule has 3 rings (SSSR count). The average Bonchev–Trinajstić information content (AvgIpc) is 2.80. The number of nitriles is 1. The van der Waals surface area contributed by atoms with Crippen molar-refractivity contribution in [3.63, 3.8) is 0 Å². The molecule has 10 heteroatoms. The van der Waals surface area contributed by atoms with Gasteiger partial charge in [0.15, 0.2) is 0 Å². The van der Waals surface area contributed by atoms with Gasteiger partial charge in [-0.2, -0.15) is 5.26 Å². The molecule has 1 fully saturated rings. The second kappa shape index (κ2) is 9.94. The lowest BCUT2D eigenvalue weighted by molar-refractivity contribution is -0.138. The first-order valence-corrected chi connectivity index (χ1v) is 11.9. The number of nitrogens with zero attached hydrogens (tertiary/aromatic N) is 1. The Hall–Kier alpha value is -3.55. The number of hydrogen-bond acceptors (Lipinski definition) is 6. The number of hydrogen-bond donors (Lipinski definition) is 3. The number of benzene rings is 2. The summed E-state index contributed by atoms with van der Waals surface area (Å²) < 4.78 is 26.6. The number of amides is 3. The minimum atomic E-state index is -3.75. The van der Waals surface area contributed by atoms with Crippen LogP contribution in [0.5, 0.6) is 0 Å². The summed E-state index contributed by atoms with van der Waals surface area (Å²) in [5, 5.41) is 13.7. The molecule has 1 aliphatic rings. The zero-order chi connectivity index (χ0) is 24.1. The maximum Gasteiger partial charge on any atom is 0.255 e. The van der Waals surface area contributed by atoms with Crippen molar-refractivity contribution in [2.45, 2.75) is 42.9 Å². The third-order valence-corrected chi connectivity index (χ3v) is 7.20. The number of imide groups is 1. The van der Waals surface area contributed by atoms with Crippen LogP contribution in [0.3, 0.4) is 0 Å². The van der Waals surface area contributed by atoms with E-state index in [0.717, 1.165) is 5.56 Å². The van der Waals surface area contributed by atoms with Crippen LogP contribution < -0.4 is 15.4 Å². The molecule has 9 nitrogen and oxygen atoms in total. The standard InChI is InChI=1S/C23H24N4O5S/c1-2-23(13-12-20(28)27-22(23)30)17-6-8-18(9-7-17)26-21(29)16-4-10-19(11-5-16)33(31,32)25-15-3-14-24/h4-11,25H,2-3,12-13,15H2,1H3,(H,26,29)(H,27,28,30). The predicted molar refractivity (Wildman–Crippen MR) is 121 cm³/mol. The van der Waals surface area contributed by atoms with Crippen LogP contribution in [-0.2, 0) is 25.0 Å². The number of sulfonamides is 1. The monoisotopic (exact) mass is 468 g/mol. The molecule has 1 saturated heterocycles. The zero-order valence-corrected chi connectivity index (χ0v) is 18.9. The second-order valence-corrected chi connectivity index (χ2v) is 9.44. The fourth-order valence-electron chi connectivity index (χ4n) is 3.75. The normalized spacial score (nSPS) is 18.3. The van der Waals surface area contributed by atoms with Crippen molar-refractivity contribution in [3.05, 3.63) is 59.7 Å². The van der Waals surface area contributed by atoms with E-state index < -0.39 is 21.3 Å². The van der Waals surface area contributed by atoms with Gasteiger partial charge in [-0.05, 0) is 54.8 Å². The minimum absolute atomic E-state index is 0.00422. The van der Waals surface area contributed by atoms with Crippen LogP contribution >= 0.6 is 0 Å². The Kier molecular flexibility index (Phi) is 7.26. The van der Waals surface area contributed by atoms with Gasteiger partial charge in [-0.25, -0.2) is 13.1 Å². The van der Waals surface area contributed by atoms with Crippen molar-refractivity contribution in [2.75, 3.05) is 11.9 Å². The SMILES string of the molecule is CCC1(c2ccc(NC(=O)c3ccc(S(=O)(=O)NCCC#N)cc3)cc2)CCC(=O)NC1=O. The van der Waals surface area contributed by atoms with Gasteiger partial charge in [0.25, 0.3) is 5.91 Å². The number of carbonyl (C=O) groups is 3. The minimum Gasteiger partial charge on any atom is -0.322 e. The van der Waals surface area contributed by atoms with Crippen molar-refractivity contribution < 1.29 is 22.8 Å². The van der Waals surface area contributed by atoms with E-state index in [2.05, 4.69) is 15.4 Å². The van der Waals surface area contributed by atoms with E-state index in [9.17, 15) is 22.8 Å². The molecule has 1 atom stereocenters. The second-order valence-electron chi connectivity index (χ2n) is 7.67. The summed E-state index contributed by atoms with van der Waals surface area (Å²) in [5.74, 6) is -1.00. The number of nitrogens with one attached hydrogen (secondary N) is 3. The highest BCUT2D eigenvalue weighted by atomic mass is 32.2. The molecule has 172 valence electrons. The van der Waals surface area contributed by atoms with E-state index in [4.69, 9.17) is 5.26 Å². The topological polar surface area (TPSA) is 145 Å². The highest BCUT2D eigenvalue weighted by Crippen LogP contribution is 2.36. The van der Waals surface area contributed by atoms with Crippen molar-refractivity contribution in [2.24, 2.45) is 0 Å². The van der Waals surface area contributed by atoms with Gasteiger partial charge in [-0.1, -0.05) is 19.1 Å². The molecule has 1 aliphatic heterocycles. The first kappa shape index (κ1) is 24.1. The van der Waals surface area contributed by atoms with Crippen molar-refractivity contribution >= 4 is 33.4 Å². The van der Waals surface area contributed by atoms with Gasteiger partial charge < -0.3 is 5.32 Å². The van der Waals surface area contributed by atoms with Crippen molar-refractivity contribution in [3.8, 4) is 6.07 Å². The average molecular weight is 469 g/mol. The quantitative estimate of drug-likeness (QED) is 0.400. The summed E-state index contributed by atoms with van der Waals surface area (Å²) in [5.41, 5.74) is 0.771. The van der Waals surface area contributed by atoms with Gasteiger partial charge in [0, 0.05) is 30.6 Å². The van der Waals surface area contributed by atoms with Crippen LogP contribution in [0, 0.1) is 11.3 Å². The fourth-order valence-corrected chi connectivity index (χ4v) is 4.78. The number of anilines is 1. The Bertz CT molecular complexity index is 1200. The summed E-state index contributed by atoms with van der Waals surface area (Å²) >= 11 is 0. The molecule has 0 aromatic heterocycles. The zero-order valence-electron chi connectivity index (χ0n) is 18.1. The molecule has 0 bridgehead atoms. The highest BCUT2D eigenvalue weighted by Gasteiger charge is 2.42. The van der Waals surface area contributed by atoms with E-state index >= 15 is 0 Å². The van der Waals surface area contributed by atoms with E-state index in [1.54, 1.807) is 24.3 Å². The molecule has 2 aromatic carbocycles. The lowest BCUT2D eigenvalue weighted by atomic mass is 9.72. The Morgan fingerprint density at radius 1 is 1.12 bits per heavy atom. The molecule has 2 aromatic rings. The van der Waals surface area contributed by atoms with Crippen LogP contribution in [0.15, 0.2) is 53.4 Å². The van der Waals surface area contributed by atoms with Gasteiger partial charge in [0.1, 0.15) is 0 Å². The summed E-state index contributed by atoms with van der Waals surface area (Å²) in [4.78, 5) is 36.6. The van der Waals surface area contributed by atoms with E-state index in [1.807, 2.05) is 13.0 Å². The lowest BCUT2D eigenvalue weighted by Gasteiger charge is -2.35. The van der Waals surface area contributed by atoms with E-state index in [0.29, 0.717) is 18.5 Å². The molecule has 1 unspecified atom stereocenters. The maximum atomic E-state index is 12.6. The molecule has 0 saturated carbocycles. The summed E-state index contributed by atoms with van der Waals surface area (Å²) in [7, 11) is -3.75. The summed E-state index contributed by atoms with van der Waals surface area (Å²) in [6.45, 7) is 1.91. The Balaban J connectivity index is 1.69. The molecule has 33 heavy (non-hydrogen) atoms. The molecule has 0 spiro atoms. The van der Waals surface area contributed by atoms with Gasteiger partial charge in [-0.3, -0.25) is 19.7 Å². The first-order chi connectivity index (χ1) is 15.7. The first-order valence-electron chi connectivity index (χ1n) is 10.4. The van der Waals surface area contributed by atoms with Crippen LogP contribution in [0.2, 0.25) is 0 Å². The fraction of sp³-hybridized carbons (Fsp3) is 0.304. The molecule has 1 heterocycles. The Labute approximate surface area is 192 Å². The highest BCUT2D eigenvalue weighted by molar-refractivity contribution is 7.89. The van der Waals surface area contributed by atoms with Gasteiger partial charge in [0.05, 0.1) is 16.4 Å². The third kappa shape index (κ3) is 5.27. The third-order valence-electron chi connectivity index (χ3n) is 5.72. The van der Waals surface area contributed by atoms with Crippen LogP contribution in [-0.4, -0.2) is 32.7 Å². The number of carbonyl (C=O) groups excluding carboxylic acids is 3. The summed E-state index contributed by atoms with van der Waals surface area (Å²) in [6.07, 6.45) is 1.30. The van der Waals surface area contributed by atoms with Gasteiger partial charge in [0.2, 0.25) is 21.8 Å². The lowest BCUT2D eigenvalue weighted by Crippen LogP contribution is -2.51. The van der Waals surface area contributed by atoms with E-state index in [-0.39, 0.29) is 41.7 Å². The maximum absolute atomic E-state index is 12.6. The Morgan fingerprint density at radius 2 is 1.79 bits per heavy atom. The number of rotatable bonds is 8. The van der Waals surface area contributed by atoms with Crippen molar-refractivity contribution in [1.82, 2.24) is 10.0 Å². The molecule has 3 N–H and O–H groups in total. The smallest absolute Gasteiger partial charge is 0.255 e. The summed E-state index contributed by atoms with van der Waals surface area (Å²) in [6, 6.07) is 14.2. The largest absolute Gasteiger partial charge is 0.322 e. The van der Waals surface area contributed by atoms with Crippen LogP contribution in [0.4, 0.5) is 5.69 Å². The van der Waals surface area contributed by atoms with Gasteiger partial charge in [-0.15, -0.1) is 0 Å². The molecular weight excluding hydrogens is 444 g/mol. The van der Waals surface area contributed by atoms with Crippen LogP contribution in [0.25, 0.3) is 0 Å². The van der Waals surface area contributed by atoms with Crippen LogP contribution in [0.1, 0.15) is 48.5 Å². The Morgan fingerprint density at radius 3 is 2.36 bits per heavy atom. The predicted octanol–water partition coefficient (Wildman–Crippen LogP) is 2.22. The molecular formula is C23H24N4O5S. The van der Waals surface area contributed by atoms with Gasteiger partial charge >= 0.3 is 0 Å². The molecule has 0 radical (unpaired) electrons. The molecule has 0 aliphatic carbocycles. The molecule has 3 amide bonds. The van der Waals surface area contributed by atoms with Crippen molar-refractivity contribution in [1.29, 1.82) is 5.26 Å². The number of piperidine rings is 1. The van der Waals surface area contributed by atoms with E-state index in [1.165, 1.54) is 24.3 Å².